The standard InChI is InChI=1S/C16H23N3OS/c17-16(20)14-1-3-15(4-2-14)19-8-6-18(7-9-19)11-13-5-10-21-12-13/h1-4,13H,5-12H2,(H2,17,20). The number of rotatable bonds is 4. The van der Waals surface area contributed by atoms with Crippen molar-refractivity contribution in [1.82, 2.24) is 4.90 Å². The number of thioether (sulfide) groups is 1. The minimum absolute atomic E-state index is 0.360. The zero-order valence-electron chi connectivity index (χ0n) is 12.3. The van der Waals surface area contributed by atoms with Gasteiger partial charge in [0, 0.05) is 44.0 Å². The van der Waals surface area contributed by atoms with E-state index in [-0.39, 0.29) is 5.91 Å². The fraction of sp³-hybridized carbons (Fsp3) is 0.562. The minimum atomic E-state index is -0.360. The molecule has 3 rings (SSSR count). The van der Waals surface area contributed by atoms with Crippen LogP contribution >= 0.6 is 11.8 Å². The Morgan fingerprint density at radius 3 is 2.48 bits per heavy atom. The first-order valence-electron chi connectivity index (χ1n) is 7.67. The first-order chi connectivity index (χ1) is 10.2. The van der Waals surface area contributed by atoms with Crippen molar-refractivity contribution in [3.05, 3.63) is 29.8 Å². The molecule has 0 radical (unpaired) electrons. The Morgan fingerprint density at radius 1 is 1.19 bits per heavy atom. The van der Waals surface area contributed by atoms with Crippen LogP contribution in [0.25, 0.3) is 0 Å². The van der Waals surface area contributed by atoms with Gasteiger partial charge in [-0.1, -0.05) is 0 Å². The predicted octanol–water partition coefficient (Wildman–Crippen LogP) is 1.66. The van der Waals surface area contributed by atoms with Crippen LogP contribution in [0.3, 0.4) is 0 Å². The minimum Gasteiger partial charge on any atom is -0.369 e. The Bertz CT molecular complexity index is 477. The predicted molar refractivity (Wildman–Crippen MR) is 89.0 cm³/mol. The highest BCUT2D eigenvalue weighted by molar-refractivity contribution is 7.99. The molecule has 1 aromatic carbocycles. The van der Waals surface area contributed by atoms with Crippen molar-refractivity contribution in [3.63, 3.8) is 0 Å². The van der Waals surface area contributed by atoms with E-state index in [2.05, 4.69) is 21.6 Å². The molecule has 21 heavy (non-hydrogen) atoms. The lowest BCUT2D eigenvalue weighted by atomic mass is 10.1. The number of anilines is 1. The van der Waals surface area contributed by atoms with Crippen LogP contribution in [0.15, 0.2) is 24.3 Å². The van der Waals surface area contributed by atoms with E-state index < -0.39 is 0 Å². The molecule has 0 spiro atoms. The van der Waals surface area contributed by atoms with E-state index in [1.54, 1.807) is 0 Å². The van der Waals surface area contributed by atoms with E-state index in [4.69, 9.17) is 5.73 Å². The van der Waals surface area contributed by atoms with E-state index in [1.165, 1.54) is 30.2 Å². The van der Waals surface area contributed by atoms with E-state index >= 15 is 0 Å². The maximum atomic E-state index is 11.1. The van der Waals surface area contributed by atoms with Gasteiger partial charge in [-0.2, -0.15) is 11.8 Å². The summed E-state index contributed by atoms with van der Waals surface area (Å²) in [6.45, 7) is 5.67. The van der Waals surface area contributed by atoms with Gasteiger partial charge in [0.15, 0.2) is 0 Å². The zero-order valence-corrected chi connectivity index (χ0v) is 13.1. The van der Waals surface area contributed by atoms with Crippen molar-refractivity contribution in [1.29, 1.82) is 0 Å². The van der Waals surface area contributed by atoms with Gasteiger partial charge in [-0.05, 0) is 48.1 Å². The Balaban J connectivity index is 1.51. The average Bonchev–Trinajstić information content (AvgIpc) is 3.01. The second-order valence-electron chi connectivity index (χ2n) is 5.93. The van der Waals surface area contributed by atoms with Crippen molar-refractivity contribution in [3.8, 4) is 0 Å². The first kappa shape index (κ1) is 14.7. The number of nitrogens with zero attached hydrogens (tertiary/aromatic N) is 2. The second kappa shape index (κ2) is 6.71. The van der Waals surface area contributed by atoms with E-state index in [0.717, 1.165) is 32.1 Å². The SMILES string of the molecule is NC(=O)c1ccc(N2CCN(CC3CCSC3)CC2)cc1. The highest BCUT2D eigenvalue weighted by Gasteiger charge is 2.22. The van der Waals surface area contributed by atoms with E-state index in [1.807, 2.05) is 24.3 Å². The number of carbonyl (C=O) groups excluding carboxylic acids is 1. The molecule has 1 aromatic rings. The number of hydrogen-bond donors (Lipinski definition) is 1. The molecule has 1 amide bonds. The summed E-state index contributed by atoms with van der Waals surface area (Å²) in [6.07, 6.45) is 1.39. The molecule has 0 aliphatic carbocycles. The van der Waals surface area contributed by atoms with Gasteiger partial charge in [0.25, 0.3) is 0 Å². The summed E-state index contributed by atoms with van der Waals surface area (Å²) in [7, 11) is 0. The van der Waals surface area contributed by atoms with Gasteiger partial charge in [-0.15, -0.1) is 0 Å². The molecule has 2 aliphatic heterocycles. The molecular weight excluding hydrogens is 282 g/mol. The summed E-state index contributed by atoms with van der Waals surface area (Å²) in [5.74, 6) is 3.23. The van der Waals surface area contributed by atoms with Gasteiger partial charge < -0.3 is 10.6 Å². The molecule has 1 atom stereocenters. The summed E-state index contributed by atoms with van der Waals surface area (Å²) in [5, 5.41) is 0. The number of nitrogens with two attached hydrogens (primary N) is 1. The quantitative estimate of drug-likeness (QED) is 0.919. The fourth-order valence-corrected chi connectivity index (χ4v) is 4.39. The molecule has 2 fully saturated rings. The van der Waals surface area contributed by atoms with Crippen molar-refractivity contribution < 1.29 is 4.79 Å². The molecule has 2 heterocycles. The molecular formula is C16H23N3OS. The van der Waals surface area contributed by atoms with Crippen LogP contribution in [0.1, 0.15) is 16.8 Å². The van der Waals surface area contributed by atoms with Crippen LogP contribution < -0.4 is 10.6 Å². The molecule has 5 heteroatoms. The lowest BCUT2D eigenvalue weighted by Gasteiger charge is -2.37. The maximum absolute atomic E-state index is 11.1. The molecule has 0 bridgehead atoms. The molecule has 0 saturated carbocycles. The van der Waals surface area contributed by atoms with Gasteiger partial charge in [-0.3, -0.25) is 9.69 Å². The van der Waals surface area contributed by atoms with Gasteiger partial charge in [0.05, 0.1) is 0 Å². The van der Waals surface area contributed by atoms with Crippen LogP contribution in [0.2, 0.25) is 0 Å². The second-order valence-corrected chi connectivity index (χ2v) is 7.08. The van der Waals surface area contributed by atoms with Gasteiger partial charge >= 0.3 is 0 Å². The van der Waals surface area contributed by atoms with Crippen LogP contribution in [0.4, 0.5) is 5.69 Å². The van der Waals surface area contributed by atoms with E-state index in [9.17, 15) is 4.79 Å². The third-order valence-corrected chi connectivity index (χ3v) is 5.66. The lowest BCUT2D eigenvalue weighted by Crippen LogP contribution is -2.47. The Kier molecular flexibility index (Phi) is 4.70. The van der Waals surface area contributed by atoms with Crippen molar-refractivity contribution in [2.24, 2.45) is 11.7 Å². The smallest absolute Gasteiger partial charge is 0.248 e. The number of hydrogen-bond acceptors (Lipinski definition) is 4. The van der Waals surface area contributed by atoms with Crippen molar-refractivity contribution in [2.45, 2.75) is 6.42 Å². The lowest BCUT2D eigenvalue weighted by molar-refractivity contribution is 0.100. The normalized spacial score (nSPS) is 23.4. The van der Waals surface area contributed by atoms with Gasteiger partial charge in [0.2, 0.25) is 5.91 Å². The van der Waals surface area contributed by atoms with Crippen LogP contribution in [-0.4, -0.2) is 55.0 Å². The summed E-state index contributed by atoms with van der Waals surface area (Å²) in [6, 6.07) is 7.65. The number of amides is 1. The number of primary amides is 1. The van der Waals surface area contributed by atoms with Crippen LogP contribution in [0.5, 0.6) is 0 Å². The fourth-order valence-electron chi connectivity index (χ4n) is 3.12. The summed E-state index contributed by atoms with van der Waals surface area (Å²) in [5.41, 5.74) is 7.05. The molecule has 2 aliphatic rings. The molecule has 0 aromatic heterocycles. The summed E-state index contributed by atoms with van der Waals surface area (Å²) >= 11 is 2.10. The molecule has 2 saturated heterocycles. The van der Waals surface area contributed by atoms with Gasteiger partial charge in [0.1, 0.15) is 0 Å². The average molecular weight is 305 g/mol. The Hall–Kier alpha value is -1.20. The Labute approximate surface area is 130 Å². The third kappa shape index (κ3) is 3.71. The summed E-state index contributed by atoms with van der Waals surface area (Å²) < 4.78 is 0. The highest BCUT2D eigenvalue weighted by atomic mass is 32.2. The largest absolute Gasteiger partial charge is 0.369 e. The number of benzene rings is 1. The van der Waals surface area contributed by atoms with Crippen LogP contribution in [0, 0.1) is 5.92 Å². The van der Waals surface area contributed by atoms with E-state index in [0.29, 0.717) is 5.56 Å². The summed E-state index contributed by atoms with van der Waals surface area (Å²) in [4.78, 5) is 16.1. The third-order valence-electron chi connectivity index (χ3n) is 4.43. The zero-order chi connectivity index (χ0) is 14.7. The van der Waals surface area contributed by atoms with Crippen molar-refractivity contribution in [2.75, 3.05) is 49.1 Å². The topological polar surface area (TPSA) is 49.6 Å². The number of carbonyl (C=O) groups is 1. The first-order valence-corrected chi connectivity index (χ1v) is 8.83. The molecule has 2 N–H and O–H groups in total. The monoisotopic (exact) mass is 305 g/mol. The molecule has 114 valence electrons. The molecule has 1 unspecified atom stereocenters. The van der Waals surface area contributed by atoms with Crippen molar-refractivity contribution >= 4 is 23.4 Å². The Morgan fingerprint density at radius 2 is 1.90 bits per heavy atom. The molecule has 4 nitrogen and oxygen atoms in total. The van der Waals surface area contributed by atoms with Gasteiger partial charge in [-0.25, -0.2) is 0 Å². The highest BCUT2D eigenvalue weighted by Crippen LogP contribution is 2.25. The van der Waals surface area contributed by atoms with Crippen LogP contribution in [-0.2, 0) is 0 Å². The maximum Gasteiger partial charge on any atom is 0.248 e. The number of piperazine rings is 1.